The van der Waals surface area contributed by atoms with Crippen molar-refractivity contribution < 1.29 is 22.1 Å². The molecule has 1 aliphatic carbocycles. The number of esters is 1. The summed E-state index contributed by atoms with van der Waals surface area (Å²) in [4.78, 5) is 12.2. The third-order valence-corrected chi connectivity index (χ3v) is 7.36. The molecule has 0 amide bonds. The summed E-state index contributed by atoms with van der Waals surface area (Å²) >= 11 is 0. The van der Waals surface area contributed by atoms with Gasteiger partial charge in [-0.15, -0.1) is 0 Å². The van der Waals surface area contributed by atoms with E-state index in [1.165, 1.54) is 0 Å². The Morgan fingerprint density at radius 3 is 2.36 bits per heavy atom. The summed E-state index contributed by atoms with van der Waals surface area (Å²) in [6.07, 6.45) is 0.322. The first kappa shape index (κ1) is 20.1. The van der Waals surface area contributed by atoms with Gasteiger partial charge in [-0.25, -0.2) is 0 Å². The molecule has 0 N–H and O–H groups in total. The smallest absolute Gasteiger partial charge is 0.311 e. The minimum Gasteiger partial charge on any atom is -0.466 e. The third kappa shape index (κ3) is 6.24. The summed E-state index contributed by atoms with van der Waals surface area (Å²) < 4.78 is 34.9. The average molecular weight is 385 g/mol. The van der Waals surface area contributed by atoms with E-state index in [4.69, 9.17) is 8.92 Å². The van der Waals surface area contributed by atoms with E-state index in [0.29, 0.717) is 25.0 Å². The molecule has 5 nitrogen and oxygen atoms in total. The fourth-order valence-electron chi connectivity index (χ4n) is 2.82. The number of rotatable bonds is 8. The quantitative estimate of drug-likeness (QED) is 0.389. The molecule has 0 saturated heterocycles. The number of hydrogen-bond donors (Lipinski definition) is 0. The minimum atomic E-state index is -3.65. The number of hydrogen-bond acceptors (Lipinski definition) is 5. The lowest BCUT2D eigenvalue weighted by atomic mass is 9.68. The van der Waals surface area contributed by atoms with Gasteiger partial charge in [0.1, 0.15) is 5.75 Å². The van der Waals surface area contributed by atoms with Gasteiger partial charge in [-0.3, -0.25) is 8.98 Å². The SMILES string of the molecule is CC1(C(=O)OCC[Si](C)(C)C)CC(OS(=O)(=O)Cc2ccccc2)C1. The molecule has 1 aromatic rings. The van der Waals surface area contributed by atoms with Crippen molar-refractivity contribution in [1.29, 1.82) is 0 Å². The summed E-state index contributed by atoms with van der Waals surface area (Å²) in [6.45, 7) is 8.95. The molecule has 2 rings (SSSR count). The van der Waals surface area contributed by atoms with E-state index >= 15 is 0 Å². The molecular formula is C18H28O5SSi. The lowest BCUT2D eigenvalue weighted by molar-refractivity contribution is -0.165. The van der Waals surface area contributed by atoms with Crippen LogP contribution in [0.4, 0.5) is 0 Å². The van der Waals surface area contributed by atoms with Crippen molar-refractivity contribution in [2.24, 2.45) is 5.41 Å². The second kappa shape index (κ2) is 7.59. The van der Waals surface area contributed by atoms with Crippen LogP contribution in [0.1, 0.15) is 25.3 Å². The van der Waals surface area contributed by atoms with Gasteiger partial charge in [0.05, 0.1) is 18.1 Å². The van der Waals surface area contributed by atoms with Crippen molar-refractivity contribution in [3.8, 4) is 0 Å². The molecule has 0 bridgehead atoms. The van der Waals surface area contributed by atoms with Crippen molar-refractivity contribution in [3.63, 3.8) is 0 Å². The number of benzene rings is 1. The largest absolute Gasteiger partial charge is 0.466 e. The van der Waals surface area contributed by atoms with Crippen molar-refractivity contribution in [1.82, 2.24) is 0 Å². The Labute approximate surface area is 151 Å². The number of carbonyl (C=O) groups is 1. The van der Waals surface area contributed by atoms with Gasteiger partial charge < -0.3 is 4.74 Å². The minimum absolute atomic E-state index is 0.151. The van der Waals surface area contributed by atoms with Crippen LogP contribution in [0.2, 0.25) is 25.7 Å². The van der Waals surface area contributed by atoms with Crippen molar-refractivity contribution >= 4 is 24.2 Å². The van der Waals surface area contributed by atoms with Gasteiger partial charge in [0, 0.05) is 8.07 Å². The predicted molar refractivity (Wildman–Crippen MR) is 100 cm³/mol. The first-order valence-corrected chi connectivity index (χ1v) is 13.9. The summed E-state index contributed by atoms with van der Waals surface area (Å²) in [5, 5.41) is 0. The molecular weight excluding hydrogens is 356 g/mol. The Bertz CT molecular complexity index is 688. The molecule has 7 heteroatoms. The molecule has 0 aliphatic heterocycles. The summed E-state index contributed by atoms with van der Waals surface area (Å²) in [5.74, 6) is -0.395. The Balaban J connectivity index is 1.79. The molecule has 1 aromatic carbocycles. The maximum atomic E-state index is 12.2. The van der Waals surface area contributed by atoms with Crippen molar-refractivity contribution in [3.05, 3.63) is 35.9 Å². The Morgan fingerprint density at radius 1 is 1.20 bits per heavy atom. The van der Waals surface area contributed by atoms with Crippen LogP contribution >= 0.6 is 0 Å². The maximum Gasteiger partial charge on any atom is 0.311 e. The average Bonchev–Trinajstić information content (AvgIpc) is 2.44. The van der Waals surface area contributed by atoms with Crippen molar-refractivity contribution in [2.45, 2.75) is 57.3 Å². The molecule has 0 heterocycles. The van der Waals surface area contributed by atoms with E-state index < -0.39 is 29.7 Å². The van der Waals surface area contributed by atoms with E-state index in [0.717, 1.165) is 6.04 Å². The molecule has 0 unspecified atom stereocenters. The van der Waals surface area contributed by atoms with E-state index in [-0.39, 0.29) is 11.7 Å². The fraction of sp³-hybridized carbons (Fsp3) is 0.611. The second-order valence-electron chi connectivity index (χ2n) is 8.32. The molecule has 0 atom stereocenters. The van der Waals surface area contributed by atoms with Crippen LogP contribution in [-0.2, 0) is 29.6 Å². The molecule has 25 heavy (non-hydrogen) atoms. The molecule has 1 aliphatic rings. The van der Waals surface area contributed by atoms with Crippen molar-refractivity contribution in [2.75, 3.05) is 6.61 Å². The molecule has 0 aromatic heterocycles. The lowest BCUT2D eigenvalue weighted by Gasteiger charge is -2.41. The number of ether oxygens (including phenoxy) is 1. The van der Waals surface area contributed by atoms with Gasteiger partial charge in [0.25, 0.3) is 10.1 Å². The molecule has 1 saturated carbocycles. The maximum absolute atomic E-state index is 12.2. The highest BCUT2D eigenvalue weighted by atomic mass is 32.2. The fourth-order valence-corrected chi connectivity index (χ4v) is 4.76. The Hall–Kier alpha value is -1.18. The van der Waals surface area contributed by atoms with Crippen LogP contribution in [0.3, 0.4) is 0 Å². The van der Waals surface area contributed by atoms with Crippen LogP contribution in [-0.4, -0.2) is 35.2 Å². The van der Waals surface area contributed by atoms with E-state index in [1.807, 2.05) is 13.0 Å². The van der Waals surface area contributed by atoms with E-state index in [9.17, 15) is 13.2 Å². The zero-order valence-electron chi connectivity index (χ0n) is 15.4. The zero-order valence-corrected chi connectivity index (χ0v) is 17.3. The monoisotopic (exact) mass is 384 g/mol. The van der Waals surface area contributed by atoms with Crippen LogP contribution < -0.4 is 0 Å². The van der Waals surface area contributed by atoms with Gasteiger partial charge in [-0.1, -0.05) is 50.0 Å². The van der Waals surface area contributed by atoms with Crippen LogP contribution in [0.25, 0.3) is 0 Å². The Morgan fingerprint density at radius 2 is 1.80 bits per heavy atom. The normalized spacial score (nSPS) is 23.8. The Kier molecular flexibility index (Phi) is 6.12. The third-order valence-electron chi connectivity index (χ3n) is 4.40. The summed E-state index contributed by atoms with van der Waals surface area (Å²) in [7, 11) is -4.89. The highest BCUT2D eigenvalue weighted by molar-refractivity contribution is 7.85. The zero-order chi connectivity index (χ0) is 18.7. The molecule has 0 spiro atoms. The highest BCUT2D eigenvalue weighted by Crippen LogP contribution is 2.44. The first-order chi connectivity index (χ1) is 11.5. The summed E-state index contributed by atoms with van der Waals surface area (Å²) in [5.41, 5.74) is 0.0576. The van der Waals surface area contributed by atoms with Gasteiger partial charge >= 0.3 is 5.97 Å². The molecule has 0 radical (unpaired) electrons. The lowest BCUT2D eigenvalue weighted by Crippen LogP contribution is -2.47. The number of carbonyl (C=O) groups excluding carboxylic acids is 1. The van der Waals surface area contributed by atoms with Crippen LogP contribution in [0.5, 0.6) is 0 Å². The standard InChI is InChI=1S/C18H28O5SSi/c1-18(17(19)22-10-11-25(2,3)4)12-16(13-18)23-24(20,21)14-15-8-6-5-7-9-15/h5-9,16H,10-14H2,1-4H3. The van der Waals surface area contributed by atoms with Gasteiger partial charge in [-0.2, -0.15) is 8.42 Å². The van der Waals surface area contributed by atoms with E-state index in [1.54, 1.807) is 24.3 Å². The van der Waals surface area contributed by atoms with Gasteiger partial charge in [-0.05, 0) is 31.4 Å². The second-order valence-corrected chi connectivity index (χ2v) is 15.5. The molecule has 1 fully saturated rings. The van der Waals surface area contributed by atoms with Gasteiger partial charge in [0.2, 0.25) is 0 Å². The predicted octanol–water partition coefficient (Wildman–Crippen LogP) is 3.58. The highest BCUT2D eigenvalue weighted by Gasteiger charge is 2.49. The first-order valence-electron chi connectivity index (χ1n) is 8.61. The topological polar surface area (TPSA) is 69.7 Å². The summed E-state index contributed by atoms with van der Waals surface area (Å²) in [6, 6.07) is 9.86. The molecule has 140 valence electrons. The van der Waals surface area contributed by atoms with Gasteiger partial charge in [0.15, 0.2) is 0 Å². The van der Waals surface area contributed by atoms with Crippen LogP contribution in [0.15, 0.2) is 30.3 Å². The van der Waals surface area contributed by atoms with Crippen LogP contribution in [0, 0.1) is 5.41 Å². The van der Waals surface area contributed by atoms with E-state index in [2.05, 4.69) is 19.6 Å².